The third-order valence-corrected chi connectivity index (χ3v) is 8.22. The SMILES string of the molecule is CC(C)CNC(=O)[C@@H](Cc1ccccc1)N(Cc1ccc(Cl)cc1)C(=O)CN(c1ccc(Cl)c(Cl)c1)S(C)(=O)=O. The molecule has 40 heavy (non-hydrogen) atoms. The molecule has 3 rings (SSSR count). The molecule has 0 heterocycles. The number of anilines is 1. The highest BCUT2D eigenvalue weighted by molar-refractivity contribution is 7.92. The molecule has 3 aromatic rings. The second-order valence-electron chi connectivity index (χ2n) is 9.86. The Morgan fingerprint density at radius 3 is 2.10 bits per heavy atom. The maximum atomic E-state index is 14.0. The van der Waals surface area contributed by atoms with Crippen LogP contribution in [0, 0.1) is 5.92 Å². The van der Waals surface area contributed by atoms with E-state index in [9.17, 15) is 18.0 Å². The second-order valence-corrected chi connectivity index (χ2v) is 13.0. The molecule has 0 spiro atoms. The zero-order valence-corrected chi connectivity index (χ0v) is 25.6. The van der Waals surface area contributed by atoms with Gasteiger partial charge in [0.15, 0.2) is 0 Å². The summed E-state index contributed by atoms with van der Waals surface area (Å²) >= 11 is 18.3. The van der Waals surface area contributed by atoms with Crippen LogP contribution >= 0.6 is 34.8 Å². The number of sulfonamides is 1. The van der Waals surface area contributed by atoms with Gasteiger partial charge in [0.2, 0.25) is 21.8 Å². The summed E-state index contributed by atoms with van der Waals surface area (Å²) in [7, 11) is -3.91. The summed E-state index contributed by atoms with van der Waals surface area (Å²) in [5, 5.41) is 3.87. The molecule has 0 bridgehead atoms. The molecule has 1 atom stereocenters. The first-order valence-electron chi connectivity index (χ1n) is 12.6. The molecule has 0 radical (unpaired) electrons. The van der Waals surface area contributed by atoms with E-state index in [0.717, 1.165) is 21.7 Å². The van der Waals surface area contributed by atoms with Crippen LogP contribution in [0.25, 0.3) is 0 Å². The molecule has 1 N–H and O–H groups in total. The summed E-state index contributed by atoms with van der Waals surface area (Å²) < 4.78 is 26.6. The van der Waals surface area contributed by atoms with Gasteiger partial charge < -0.3 is 10.2 Å². The third kappa shape index (κ3) is 9.13. The minimum absolute atomic E-state index is 0.0571. The van der Waals surface area contributed by atoms with E-state index >= 15 is 0 Å². The number of halogens is 3. The van der Waals surface area contributed by atoms with Gasteiger partial charge in [0.1, 0.15) is 12.6 Å². The van der Waals surface area contributed by atoms with Gasteiger partial charge in [-0.2, -0.15) is 0 Å². The summed E-state index contributed by atoms with van der Waals surface area (Å²) in [5.41, 5.74) is 1.76. The van der Waals surface area contributed by atoms with E-state index in [0.29, 0.717) is 11.6 Å². The number of benzene rings is 3. The predicted octanol–water partition coefficient (Wildman–Crippen LogP) is 5.83. The topological polar surface area (TPSA) is 86.8 Å². The van der Waals surface area contributed by atoms with Crippen LogP contribution in [0.2, 0.25) is 15.1 Å². The molecular weight excluding hydrogens is 593 g/mol. The van der Waals surface area contributed by atoms with Crippen LogP contribution in [-0.4, -0.2) is 50.5 Å². The zero-order valence-electron chi connectivity index (χ0n) is 22.5. The molecule has 0 saturated carbocycles. The first kappa shape index (κ1) is 31.7. The fourth-order valence-corrected chi connectivity index (χ4v) is 5.28. The number of hydrogen-bond donors (Lipinski definition) is 1. The van der Waals surface area contributed by atoms with Crippen molar-refractivity contribution in [3.63, 3.8) is 0 Å². The molecule has 214 valence electrons. The average Bonchev–Trinajstić information content (AvgIpc) is 2.90. The monoisotopic (exact) mass is 623 g/mol. The Balaban J connectivity index is 2.05. The van der Waals surface area contributed by atoms with Crippen LogP contribution in [0.3, 0.4) is 0 Å². The number of hydrogen-bond acceptors (Lipinski definition) is 4. The van der Waals surface area contributed by atoms with E-state index < -0.39 is 28.5 Å². The van der Waals surface area contributed by atoms with Crippen molar-refractivity contribution in [3.8, 4) is 0 Å². The van der Waals surface area contributed by atoms with Crippen molar-refractivity contribution in [3.05, 3.63) is 99.0 Å². The maximum Gasteiger partial charge on any atom is 0.244 e. The quantitative estimate of drug-likeness (QED) is 0.275. The lowest BCUT2D eigenvalue weighted by Crippen LogP contribution is -2.53. The molecule has 0 fully saturated rings. The van der Waals surface area contributed by atoms with Crippen molar-refractivity contribution in [2.24, 2.45) is 5.92 Å². The summed E-state index contributed by atoms with van der Waals surface area (Å²) in [6.45, 7) is 3.88. The Kier molecular flexibility index (Phi) is 11.3. The van der Waals surface area contributed by atoms with E-state index in [2.05, 4.69) is 5.32 Å². The molecule has 0 aliphatic heterocycles. The van der Waals surface area contributed by atoms with Crippen LogP contribution in [0.1, 0.15) is 25.0 Å². The van der Waals surface area contributed by atoms with Gasteiger partial charge >= 0.3 is 0 Å². The maximum absolute atomic E-state index is 14.0. The highest BCUT2D eigenvalue weighted by atomic mass is 35.5. The fourth-order valence-electron chi connectivity index (χ4n) is 4.02. The number of carbonyl (C=O) groups is 2. The van der Waals surface area contributed by atoms with Crippen LogP contribution < -0.4 is 9.62 Å². The van der Waals surface area contributed by atoms with Crippen molar-refractivity contribution in [2.45, 2.75) is 32.9 Å². The highest BCUT2D eigenvalue weighted by Gasteiger charge is 2.33. The van der Waals surface area contributed by atoms with Gasteiger partial charge in [0.05, 0.1) is 22.0 Å². The Morgan fingerprint density at radius 2 is 1.52 bits per heavy atom. The lowest BCUT2D eigenvalue weighted by atomic mass is 10.0. The van der Waals surface area contributed by atoms with Gasteiger partial charge in [-0.05, 0) is 47.4 Å². The highest BCUT2D eigenvalue weighted by Crippen LogP contribution is 2.29. The van der Waals surface area contributed by atoms with Gasteiger partial charge in [-0.15, -0.1) is 0 Å². The van der Waals surface area contributed by atoms with Crippen molar-refractivity contribution in [1.29, 1.82) is 0 Å². The Hall–Kier alpha value is -2.78. The van der Waals surface area contributed by atoms with Crippen molar-refractivity contribution < 1.29 is 18.0 Å². The van der Waals surface area contributed by atoms with Gasteiger partial charge in [0.25, 0.3) is 0 Å². The number of rotatable bonds is 12. The molecule has 7 nitrogen and oxygen atoms in total. The number of carbonyl (C=O) groups excluding carboxylic acids is 2. The zero-order chi connectivity index (χ0) is 29.4. The van der Waals surface area contributed by atoms with E-state index in [1.165, 1.54) is 23.1 Å². The molecule has 2 amide bonds. The smallest absolute Gasteiger partial charge is 0.244 e. The predicted molar refractivity (Wildman–Crippen MR) is 162 cm³/mol. The van der Waals surface area contributed by atoms with Crippen LogP contribution in [0.15, 0.2) is 72.8 Å². The van der Waals surface area contributed by atoms with Crippen molar-refractivity contribution in [1.82, 2.24) is 10.2 Å². The molecule has 3 aromatic carbocycles. The van der Waals surface area contributed by atoms with Crippen molar-refractivity contribution in [2.75, 3.05) is 23.7 Å². The normalized spacial score (nSPS) is 12.2. The Morgan fingerprint density at radius 1 is 0.875 bits per heavy atom. The minimum atomic E-state index is -3.91. The molecule has 11 heteroatoms. The summed E-state index contributed by atoms with van der Waals surface area (Å²) in [6.07, 6.45) is 1.23. The largest absolute Gasteiger partial charge is 0.354 e. The van der Waals surface area contributed by atoms with Crippen LogP contribution in [0.5, 0.6) is 0 Å². The van der Waals surface area contributed by atoms with E-state index in [1.54, 1.807) is 24.3 Å². The lowest BCUT2D eigenvalue weighted by Gasteiger charge is -2.33. The first-order valence-corrected chi connectivity index (χ1v) is 15.6. The molecule has 0 aromatic heterocycles. The van der Waals surface area contributed by atoms with Crippen molar-refractivity contribution >= 4 is 62.3 Å². The summed E-state index contributed by atoms with van der Waals surface area (Å²) in [5.74, 6) is -0.704. The van der Waals surface area contributed by atoms with E-state index in [1.807, 2.05) is 44.2 Å². The third-order valence-electron chi connectivity index (χ3n) is 6.09. The van der Waals surface area contributed by atoms with E-state index in [4.69, 9.17) is 34.8 Å². The molecule has 0 unspecified atom stereocenters. The Bertz CT molecular complexity index is 1420. The average molecular weight is 625 g/mol. The standard InChI is InChI=1S/C29H32Cl3N3O4S/c1-20(2)17-33-29(37)27(15-21-7-5-4-6-8-21)34(18-22-9-11-23(30)12-10-22)28(36)19-35(40(3,38)39)24-13-14-25(31)26(32)16-24/h4-14,16,20,27H,15,17-19H2,1-3H3,(H,33,37)/t27-/m1/s1. The van der Waals surface area contributed by atoms with Gasteiger partial charge in [-0.3, -0.25) is 13.9 Å². The summed E-state index contributed by atoms with van der Waals surface area (Å²) in [6, 6.07) is 19.7. The molecule has 0 saturated heterocycles. The molecular formula is C29H32Cl3N3O4S. The van der Waals surface area contributed by atoms with Gasteiger partial charge in [-0.1, -0.05) is 91.1 Å². The molecule has 0 aliphatic rings. The number of nitrogens with one attached hydrogen (secondary N) is 1. The summed E-state index contributed by atoms with van der Waals surface area (Å²) in [4.78, 5) is 29.0. The minimum Gasteiger partial charge on any atom is -0.354 e. The second kappa shape index (κ2) is 14.2. The fraction of sp³-hybridized carbons (Fsp3) is 0.310. The van der Waals surface area contributed by atoms with Gasteiger partial charge in [0, 0.05) is 24.5 Å². The van der Waals surface area contributed by atoms with Crippen LogP contribution in [0.4, 0.5) is 5.69 Å². The lowest BCUT2D eigenvalue weighted by molar-refractivity contribution is -0.140. The Labute approximate surface area is 251 Å². The van der Waals surface area contributed by atoms with E-state index in [-0.39, 0.29) is 40.5 Å². The molecule has 0 aliphatic carbocycles. The van der Waals surface area contributed by atoms with Gasteiger partial charge in [-0.25, -0.2) is 8.42 Å². The number of amides is 2. The first-order chi connectivity index (χ1) is 18.8. The van der Waals surface area contributed by atoms with Crippen LogP contribution in [-0.2, 0) is 32.6 Å². The number of nitrogens with zero attached hydrogens (tertiary/aromatic N) is 2.